The summed E-state index contributed by atoms with van der Waals surface area (Å²) in [4.78, 5) is 7.19. The minimum absolute atomic E-state index is 0.270. The number of hydrogen-bond donors (Lipinski definition) is 3. The van der Waals surface area contributed by atoms with Crippen LogP contribution in [0.3, 0.4) is 0 Å². The highest BCUT2D eigenvalue weighted by Gasteiger charge is 1.96. The highest BCUT2D eigenvalue weighted by atomic mass is 16.3. The van der Waals surface area contributed by atoms with E-state index >= 15 is 0 Å². The molecule has 0 aliphatic rings. The predicted molar refractivity (Wildman–Crippen MR) is 36.2 cm³/mol. The van der Waals surface area contributed by atoms with Crippen LogP contribution in [0.15, 0.2) is 6.07 Å². The van der Waals surface area contributed by atoms with E-state index in [0.29, 0.717) is 11.5 Å². The quantitative estimate of drug-likeness (QED) is 0.371. The molecule has 10 heavy (non-hydrogen) atoms. The van der Waals surface area contributed by atoms with Gasteiger partial charge in [-0.1, -0.05) is 0 Å². The molecule has 1 aromatic rings. The molecule has 0 amide bonds. The lowest BCUT2D eigenvalue weighted by Gasteiger charge is -1.98. The number of aromatic hydroxyl groups is 1. The van der Waals surface area contributed by atoms with Crippen LogP contribution in [-0.2, 0) is 0 Å². The number of hydrogen-bond acceptors (Lipinski definition) is 5. The Morgan fingerprint density at radius 3 is 2.80 bits per heavy atom. The van der Waals surface area contributed by atoms with E-state index in [9.17, 15) is 0 Å². The molecule has 0 aliphatic heterocycles. The number of aryl methyl sites for hydroxylation is 1. The van der Waals surface area contributed by atoms with E-state index in [1.807, 2.05) is 0 Å². The Balaban J connectivity index is 3.06. The third kappa shape index (κ3) is 1.32. The predicted octanol–water partition coefficient (Wildman–Crippen LogP) is -0.224. The maximum Gasteiger partial charge on any atom is 0.316 e. The van der Waals surface area contributed by atoms with Crippen molar-refractivity contribution in [3.63, 3.8) is 0 Å². The topological polar surface area (TPSA) is 84.1 Å². The van der Waals surface area contributed by atoms with E-state index in [-0.39, 0.29) is 6.01 Å². The van der Waals surface area contributed by atoms with Gasteiger partial charge in [0.05, 0.1) is 0 Å². The molecule has 1 heterocycles. The maximum atomic E-state index is 8.81. The molecule has 0 unspecified atom stereocenters. The monoisotopic (exact) mass is 140 g/mol. The van der Waals surface area contributed by atoms with Crippen LogP contribution < -0.4 is 11.3 Å². The highest BCUT2D eigenvalue weighted by Crippen LogP contribution is 2.07. The zero-order chi connectivity index (χ0) is 7.56. The van der Waals surface area contributed by atoms with Crippen LogP contribution in [0, 0.1) is 6.92 Å². The van der Waals surface area contributed by atoms with E-state index in [1.165, 1.54) is 0 Å². The standard InChI is InChI=1S/C5H8N4O/c1-3-2-4(9-6)8-5(10)7-3/h2H,6H2,1H3,(H2,7,8,9,10). The summed E-state index contributed by atoms with van der Waals surface area (Å²) in [5.41, 5.74) is 2.96. The molecule has 54 valence electrons. The minimum atomic E-state index is -0.270. The number of nitrogens with one attached hydrogen (secondary N) is 1. The summed E-state index contributed by atoms with van der Waals surface area (Å²) in [7, 11) is 0. The van der Waals surface area contributed by atoms with Crippen molar-refractivity contribution in [2.24, 2.45) is 5.84 Å². The number of hydrazine groups is 1. The van der Waals surface area contributed by atoms with Gasteiger partial charge in [-0.05, 0) is 6.92 Å². The van der Waals surface area contributed by atoms with Crippen molar-refractivity contribution in [2.45, 2.75) is 6.92 Å². The number of rotatable bonds is 1. The van der Waals surface area contributed by atoms with Crippen molar-refractivity contribution >= 4 is 5.82 Å². The molecule has 1 rings (SSSR count). The molecule has 1 aromatic heterocycles. The second-order valence-electron chi connectivity index (χ2n) is 1.84. The average molecular weight is 140 g/mol. The summed E-state index contributed by atoms with van der Waals surface area (Å²) in [5.74, 6) is 5.44. The van der Waals surface area contributed by atoms with Crippen molar-refractivity contribution in [3.05, 3.63) is 11.8 Å². The third-order valence-electron chi connectivity index (χ3n) is 0.990. The van der Waals surface area contributed by atoms with Crippen molar-refractivity contribution in [1.82, 2.24) is 9.97 Å². The summed E-state index contributed by atoms with van der Waals surface area (Å²) in [5, 5.41) is 8.81. The zero-order valence-electron chi connectivity index (χ0n) is 5.50. The fourth-order valence-electron chi connectivity index (χ4n) is 0.627. The van der Waals surface area contributed by atoms with Gasteiger partial charge in [-0.2, -0.15) is 4.98 Å². The molecule has 0 aromatic carbocycles. The lowest BCUT2D eigenvalue weighted by molar-refractivity contribution is 0.429. The van der Waals surface area contributed by atoms with Gasteiger partial charge in [0.15, 0.2) is 0 Å². The zero-order valence-corrected chi connectivity index (χ0v) is 5.50. The highest BCUT2D eigenvalue weighted by molar-refractivity contribution is 5.34. The Bertz CT molecular complexity index is 217. The van der Waals surface area contributed by atoms with Gasteiger partial charge < -0.3 is 10.5 Å². The summed E-state index contributed by atoms with van der Waals surface area (Å²) < 4.78 is 0. The van der Waals surface area contributed by atoms with Gasteiger partial charge in [0.2, 0.25) is 0 Å². The first-order valence-electron chi connectivity index (χ1n) is 2.73. The molecular weight excluding hydrogens is 132 g/mol. The Morgan fingerprint density at radius 1 is 1.60 bits per heavy atom. The van der Waals surface area contributed by atoms with Crippen LogP contribution in [0.5, 0.6) is 6.01 Å². The molecule has 0 spiro atoms. The van der Waals surface area contributed by atoms with Crippen molar-refractivity contribution in [3.8, 4) is 6.01 Å². The largest absolute Gasteiger partial charge is 0.479 e. The maximum absolute atomic E-state index is 8.81. The fourth-order valence-corrected chi connectivity index (χ4v) is 0.627. The van der Waals surface area contributed by atoms with Crippen LogP contribution in [0.1, 0.15) is 5.69 Å². The number of nitrogens with two attached hydrogens (primary N) is 1. The molecule has 0 fully saturated rings. The van der Waals surface area contributed by atoms with Crippen LogP contribution in [0.4, 0.5) is 5.82 Å². The number of nitrogens with zero attached hydrogens (tertiary/aromatic N) is 2. The second-order valence-corrected chi connectivity index (χ2v) is 1.84. The van der Waals surface area contributed by atoms with Gasteiger partial charge in [-0.25, -0.2) is 10.8 Å². The Labute approximate surface area is 57.9 Å². The normalized spacial score (nSPS) is 9.40. The minimum Gasteiger partial charge on any atom is -0.479 e. The van der Waals surface area contributed by atoms with Gasteiger partial charge in [-0.15, -0.1) is 0 Å². The van der Waals surface area contributed by atoms with E-state index in [0.717, 1.165) is 0 Å². The number of aromatic nitrogens is 2. The molecule has 5 heteroatoms. The summed E-state index contributed by atoms with van der Waals surface area (Å²) in [6.07, 6.45) is 0. The van der Waals surface area contributed by atoms with E-state index < -0.39 is 0 Å². The van der Waals surface area contributed by atoms with Crippen LogP contribution in [0.2, 0.25) is 0 Å². The molecule has 0 atom stereocenters. The lowest BCUT2D eigenvalue weighted by atomic mass is 10.4. The first kappa shape index (κ1) is 6.76. The van der Waals surface area contributed by atoms with Crippen LogP contribution in [0.25, 0.3) is 0 Å². The summed E-state index contributed by atoms with van der Waals surface area (Å²) >= 11 is 0. The molecule has 5 nitrogen and oxygen atoms in total. The molecular formula is C5H8N4O. The molecule has 4 N–H and O–H groups in total. The van der Waals surface area contributed by atoms with E-state index in [1.54, 1.807) is 13.0 Å². The first-order chi connectivity index (χ1) is 4.72. The summed E-state index contributed by atoms with van der Waals surface area (Å²) in [6.45, 7) is 1.74. The van der Waals surface area contributed by atoms with Crippen molar-refractivity contribution in [1.29, 1.82) is 0 Å². The van der Waals surface area contributed by atoms with Gasteiger partial charge >= 0.3 is 6.01 Å². The number of anilines is 1. The first-order valence-corrected chi connectivity index (χ1v) is 2.73. The van der Waals surface area contributed by atoms with Gasteiger partial charge in [0, 0.05) is 11.8 Å². The van der Waals surface area contributed by atoms with Crippen LogP contribution in [-0.4, -0.2) is 15.1 Å². The molecule has 0 radical (unpaired) electrons. The fraction of sp³-hybridized carbons (Fsp3) is 0.200. The van der Waals surface area contributed by atoms with Crippen LogP contribution >= 0.6 is 0 Å². The number of nitrogen functional groups attached to an aromatic ring is 1. The Hall–Kier alpha value is -1.36. The molecule has 0 saturated carbocycles. The van der Waals surface area contributed by atoms with E-state index in [4.69, 9.17) is 10.9 Å². The summed E-state index contributed by atoms with van der Waals surface area (Å²) in [6, 6.07) is 1.35. The van der Waals surface area contributed by atoms with Crippen molar-refractivity contribution in [2.75, 3.05) is 5.43 Å². The Kier molecular flexibility index (Phi) is 1.68. The van der Waals surface area contributed by atoms with Crippen molar-refractivity contribution < 1.29 is 5.11 Å². The Morgan fingerprint density at radius 2 is 2.30 bits per heavy atom. The van der Waals surface area contributed by atoms with Gasteiger partial charge in [-0.3, -0.25) is 0 Å². The van der Waals surface area contributed by atoms with E-state index in [2.05, 4.69) is 15.4 Å². The molecule has 0 bridgehead atoms. The second kappa shape index (κ2) is 2.49. The molecule has 0 aliphatic carbocycles. The lowest BCUT2D eigenvalue weighted by Crippen LogP contribution is -2.08. The SMILES string of the molecule is Cc1cc(NN)nc(O)n1. The van der Waals surface area contributed by atoms with Gasteiger partial charge in [0.1, 0.15) is 5.82 Å². The molecule has 0 saturated heterocycles. The third-order valence-corrected chi connectivity index (χ3v) is 0.990. The smallest absolute Gasteiger partial charge is 0.316 e. The van der Waals surface area contributed by atoms with Gasteiger partial charge in [0.25, 0.3) is 0 Å². The average Bonchev–Trinajstić information content (AvgIpc) is 1.85.